The number of rotatable bonds is 46. The lowest BCUT2D eigenvalue weighted by molar-refractivity contribution is -0.379. The van der Waals surface area contributed by atoms with Crippen molar-refractivity contribution in [3.8, 4) is 0 Å². The molecule has 0 saturated carbocycles. The van der Waals surface area contributed by atoms with Gasteiger partial charge in [-0.3, -0.25) is 4.79 Å². The highest BCUT2D eigenvalue weighted by atomic mass is 16.8. The lowest BCUT2D eigenvalue weighted by atomic mass is 9.96. The zero-order chi connectivity index (χ0) is 59.0. The maximum atomic E-state index is 13.3. The van der Waals surface area contributed by atoms with E-state index in [9.17, 15) is 61.0 Å². The van der Waals surface area contributed by atoms with Crippen LogP contribution in [0, 0.1) is 0 Å². The molecule has 17 atom stereocenters. The molecule has 17 unspecified atom stereocenters. The third kappa shape index (κ3) is 28.7. The molecule has 19 heteroatoms. The van der Waals surface area contributed by atoms with Gasteiger partial charge in [-0.2, -0.15) is 0 Å². The van der Waals surface area contributed by atoms with E-state index < -0.39 is 124 Å². The Morgan fingerprint density at radius 2 is 0.827 bits per heavy atom. The minimum Gasteiger partial charge on any atom is -0.394 e. The number of carbonyl (C=O) groups excluding carboxylic acids is 1. The number of aliphatic hydroxyl groups is 11. The summed E-state index contributed by atoms with van der Waals surface area (Å²) in [4.78, 5) is 13.3. The molecule has 3 aliphatic rings. The molecule has 3 saturated heterocycles. The van der Waals surface area contributed by atoms with Crippen molar-refractivity contribution in [1.82, 2.24) is 5.32 Å². The van der Waals surface area contributed by atoms with Crippen molar-refractivity contribution in [2.45, 2.75) is 311 Å². The van der Waals surface area contributed by atoms with E-state index in [-0.39, 0.29) is 18.9 Å². The van der Waals surface area contributed by atoms with Crippen molar-refractivity contribution in [2.75, 3.05) is 26.4 Å². The number of unbranched alkanes of at least 4 members (excludes halogenated alkanes) is 22. The number of hydrogen-bond acceptors (Lipinski definition) is 18. The van der Waals surface area contributed by atoms with Crippen LogP contribution in [0.2, 0.25) is 0 Å². The van der Waals surface area contributed by atoms with Crippen molar-refractivity contribution >= 4 is 5.91 Å². The molecule has 3 rings (SSSR count). The topological polar surface area (TPSA) is 307 Å². The molecule has 3 aliphatic heterocycles. The van der Waals surface area contributed by atoms with Gasteiger partial charge < -0.3 is 89.9 Å². The van der Waals surface area contributed by atoms with Crippen LogP contribution < -0.4 is 5.32 Å². The van der Waals surface area contributed by atoms with E-state index in [1.54, 1.807) is 0 Å². The highest BCUT2D eigenvalue weighted by molar-refractivity contribution is 5.76. The SMILES string of the molecule is CC/C=C\C/C=C\C/C=C\C/C=C\CCC(=O)NC(COC1OC(CO)C(OC2OC(CO)C(OC3OC(CO)C(O)C(O)C3O)C(O)C2O)C(O)C1O)C(O)CCCCCCCCCCCCCCCCCCCCCCCCC. The Labute approximate surface area is 484 Å². The maximum absolute atomic E-state index is 13.3. The fourth-order valence-corrected chi connectivity index (χ4v) is 10.6. The largest absolute Gasteiger partial charge is 0.394 e. The summed E-state index contributed by atoms with van der Waals surface area (Å²) >= 11 is 0. The standard InChI is InChI=1S/C62H111NO18/c1-3-5-7-9-11-13-15-17-18-19-20-21-22-23-24-25-26-28-29-31-33-35-37-39-46(67)45(63-50(68)40-38-36-34-32-30-27-16-14-12-10-8-6-4-2)44-76-60-56(74)53(71)58(48(42-65)78-60)81-62-57(75)54(72)59(49(43-66)79-62)80-61-55(73)52(70)51(69)47(41-64)77-61/h6,8,12,14,27,30,34,36,45-49,51-62,64-67,69-75H,3-5,7,9-11,13,15-26,28-29,31-33,35,37-44H2,1-2H3,(H,63,68)/b8-6-,14-12-,30-27-,36-34-. The Bertz CT molecular complexity index is 1670. The average Bonchev–Trinajstić information content (AvgIpc) is 3.51. The average molecular weight is 1160 g/mol. The quantitative estimate of drug-likeness (QED) is 0.0236. The van der Waals surface area contributed by atoms with Gasteiger partial charge in [0.25, 0.3) is 0 Å². The van der Waals surface area contributed by atoms with Gasteiger partial charge in [0.05, 0.1) is 38.6 Å². The van der Waals surface area contributed by atoms with E-state index in [1.807, 2.05) is 12.2 Å². The lowest BCUT2D eigenvalue weighted by Crippen LogP contribution is -2.66. The highest BCUT2D eigenvalue weighted by Crippen LogP contribution is 2.33. The van der Waals surface area contributed by atoms with Gasteiger partial charge in [-0.15, -0.1) is 0 Å². The summed E-state index contributed by atoms with van der Waals surface area (Å²) in [6.07, 6.45) is 23.7. The van der Waals surface area contributed by atoms with E-state index in [2.05, 4.69) is 55.6 Å². The van der Waals surface area contributed by atoms with Crippen LogP contribution in [0.15, 0.2) is 48.6 Å². The molecule has 12 N–H and O–H groups in total. The predicted octanol–water partition coefficient (Wildman–Crippen LogP) is 6.26. The van der Waals surface area contributed by atoms with Crippen LogP contribution in [0.3, 0.4) is 0 Å². The van der Waals surface area contributed by atoms with Crippen molar-refractivity contribution in [2.24, 2.45) is 0 Å². The van der Waals surface area contributed by atoms with E-state index in [1.165, 1.54) is 122 Å². The minimum absolute atomic E-state index is 0.144. The van der Waals surface area contributed by atoms with Gasteiger partial charge in [-0.25, -0.2) is 0 Å². The number of ether oxygens (including phenoxy) is 6. The van der Waals surface area contributed by atoms with Gasteiger partial charge >= 0.3 is 0 Å². The Hall–Kier alpha value is -2.25. The second kappa shape index (κ2) is 45.1. The molecule has 0 spiro atoms. The van der Waals surface area contributed by atoms with Crippen LogP contribution in [0.25, 0.3) is 0 Å². The molecule has 0 aliphatic carbocycles. The van der Waals surface area contributed by atoms with Gasteiger partial charge in [0.15, 0.2) is 18.9 Å². The fraction of sp³-hybridized carbons (Fsp3) is 0.855. The van der Waals surface area contributed by atoms with Crippen LogP contribution in [0.4, 0.5) is 0 Å². The Morgan fingerprint density at radius 3 is 1.26 bits per heavy atom. The fourth-order valence-electron chi connectivity index (χ4n) is 10.6. The van der Waals surface area contributed by atoms with Crippen LogP contribution >= 0.6 is 0 Å². The van der Waals surface area contributed by atoms with Gasteiger partial charge in [-0.1, -0.05) is 210 Å². The lowest BCUT2D eigenvalue weighted by Gasteiger charge is -2.48. The summed E-state index contributed by atoms with van der Waals surface area (Å²) in [7, 11) is 0. The summed E-state index contributed by atoms with van der Waals surface area (Å²) < 4.78 is 34.3. The minimum atomic E-state index is -1.98. The number of allylic oxidation sites excluding steroid dienone is 8. The first-order valence-corrected chi connectivity index (χ1v) is 31.4. The van der Waals surface area contributed by atoms with Crippen LogP contribution in [-0.2, 0) is 33.2 Å². The number of carbonyl (C=O) groups is 1. The molecule has 19 nitrogen and oxygen atoms in total. The number of hydrogen-bond donors (Lipinski definition) is 12. The highest BCUT2D eigenvalue weighted by Gasteiger charge is 2.53. The molecule has 1 amide bonds. The normalized spacial score (nSPS) is 30.1. The smallest absolute Gasteiger partial charge is 0.220 e. The second-order valence-corrected chi connectivity index (χ2v) is 22.5. The van der Waals surface area contributed by atoms with Crippen molar-refractivity contribution in [3.63, 3.8) is 0 Å². The van der Waals surface area contributed by atoms with Crippen molar-refractivity contribution < 1.29 is 89.4 Å². The van der Waals surface area contributed by atoms with Crippen molar-refractivity contribution in [3.05, 3.63) is 48.6 Å². The summed E-state index contributed by atoms with van der Waals surface area (Å²) in [6.45, 7) is 1.62. The van der Waals surface area contributed by atoms with Gasteiger partial charge in [-0.05, 0) is 38.5 Å². The molecule has 3 heterocycles. The first-order chi connectivity index (χ1) is 39.3. The number of aliphatic hydroxyl groups excluding tert-OH is 11. The third-order valence-corrected chi connectivity index (χ3v) is 15.7. The molecule has 3 fully saturated rings. The van der Waals surface area contributed by atoms with E-state index in [0.717, 1.165) is 44.9 Å². The zero-order valence-electron chi connectivity index (χ0n) is 49.3. The maximum Gasteiger partial charge on any atom is 0.220 e. The summed E-state index contributed by atoms with van der Waals surface area (Å²) in [5.41, 5.74) is 0. The molecule has 0 radical (unpaired) electrons. The molecular weight excluding hydrogens is 1050 g/mol. The van der Waals surface area contributed by atoms with Gasteiger partial charge in [0.2, 0.25) is 5.91 Å². The van der Waals surface area contributed by atoms with E-state index in [4.69, 9.17) is 28.4 Å². The first kappa shape index (κ1) is 73.0. The van der Waals surface area contributed by atoms with Crippen LogP contribution in [0.5, 0.6) is 0 Å². The van der Waals surface area contributed by atoms with E-state index >= 15 is 0 Å². The molecule has 81 heavy (non-hydrogen) atoms. The molecular formula is C62H111NO18. The Kier molecular flexibility index (Phi) is 40.7. The molecule has 0 aromatic carbocycles. The summed E-state index contributed by atoms with van der Waals surface area (Å²) in [5, 5.41) is 120. The molecule has 0 bridgehead atoms. The monoisotopic (exact) mass is 1160 g/mol. The molecule has 0 aromatic heterocycles. The summed E-state index contributed by atoms with van der Waals surface area (Å²) in [6, 6.07) is -0.926. The van der Waals surface area contributed by atoms with Crippen molar-refractivity contribution in [1.29, 1.82) is 0 Å². The van der Waals surface area contributed by atoms with E-state index in [0.29, 0.717) is 19.3 Å². The molecule has 472 valence electrons. The summed E-state index contributed by atoms with van der Waals surface area (Å²) in [5.74, 6) is -0.323. The Balaban J connectivity index is 1.47. The third-order valence-electron chi connectivity index (χ3n) is 15.7. The predicted molar refractivity (Wildman–Crippen MR) is 309 cm³/mol. The number of nitrogens with one attached hydrogen (secondary N) is 1. The van der Waals surface area contributed by atoms with Gasteiger partial charge in [0.1, 0.15) is 73.2 Å². The molecule has 0 aromatic rings. The Morgan fingerprint density at radius 1 is 0.457 bits per heavy atom. The van der Waals surface area contributed by atoms with Crippen LogP contribution in [0.1, 0.15) is 206 Å². The second-order valence-electron chi connectivity index (χ2n) is 22.5. The van der Waals surface area contributed by atoms with Crippen LogP contribution in [-0.4, -0.2) is 193 Å². The first-order valence-electron chi connectivity index (χ1n) is 31.4. The number of amides is 1. The zero-order valence-corrected chi connectivity index (χ0v) is 49.3. The van der Waals surface area contributed by atoms with Gasteiger partial charge in [0, 0.05) is 6.42 Å².